The third kappa shape index (κ3) is 2.72. The number of H-pyrrole nitrogens is 1. The zero-order chi connectivity index (χ0) is 12.5. The van der Waals surface area contributed by atoms with Crippen molar-refractivity contribution in [2.75, 3.05) is 10.5 Å². The van der Waals surface area contributed by atoms with E-state index in [9.17, 15) is 13.2 Å². The average Bonchev–Trinajstić information content (AvgIpc) is 2.61. The van der Waals surface area contributed by atoms with E-state index >= 15 is 0 Å². The highest BCUT2D eigenvalue weighted by Gasteiger charge is 2.15. The molecule has 2 aromatic rings. The van der Waals surface area contributed by atoms with Gasteiger partial charge in [0.1, 0.15) is 0 Å². The van der Waals surface area contributed by atoms with Gasteiger partial charge in [0.05, 0.1) is 11.7 Å². The summed E-state index contributed by atoms with van der Waals surface area (Å²) in [4.78, 5) is 10.3. The van der Waals surface area contributed by atoms with E-state index in [1.807, 2.05) is 0 Å². The summed E-state index contributed by atoms with van der Waals surface area (Å²) in [7, 11) is -3.87. The Balaban J connectivity index is 2.26. The second-order valence-corrected chi connectivity index (χ2v) is 5.15. The molecule has 0 saturated heterocycles. The van der Waals surface area contributed by atoms with Crippen LogP contribution in [0.25, 0.3) is 10.9 Å². The maximum atomic E-state index is 11.4. The Kier molecular flexibility index (Phi) is 2.72. The summed E-state index contributed by atoms with van der Waals surface area (Å²) in [6.45, 7) is 0. The number of carboxylic acid groups (broad SMARTS) is 1. The first kappa shape index (κ1) is 11.4. The van der Waals surface area contributed by atoms with Crippen LogP contribution in [0.3, 0.4) is 0 Å². The molecule has 0 bridgehead atoms. The van der Waals surface area contributed by atoms with E-state index in [4.69, 9.17) is 5.11 Å². The van der Waals surface area contributed by atoms with Gasteiger partial charge in [0.2, 0.25) is 10.0 Å². The molecule has 7 nitrogen and oxygen atoms in total. The Morgan fingerprint density at radius 2 is 2.24 bits per heavy atom. The lowest BCUT2D eigenvalue weighted by molar-refractivity contribution is -0.134. The Morgan fingerprint density at radius 1 is 1.47 bits per heavy atom. The zero-order valence-electron chi connectivity index (χ0n) is 8.54. The number of aromatic amines is 1. The normalized spacial score (nSPS) is 11.5. The van der Waals surface area contributed by atoms with Crippen LogP contribution >= 0.6 is 0 Å². The molecule has 0 atom stereocenters. The lowest BCUT2D eigenvalue weighted by Gasteiger charge is -2.05. The Hall–Kier alpha value is -2.09. The van der Waals surface area contributed by atoms with Crippen LogP contribution in [0.4, 0.5) is 5.69 Å². The van der Waals surface area contributed by atoms with Gasteiger partial charge >= 0.3 is 5.97 Å². The van der Waals surface area contributed by atoms with Crippen molar-refractivity contribution in [3.05, 3.63) is 24.4 Å². The van der Waals surface area contributed by atoms with Crippen LogP contribution in [0.2, 0.25) is 0 Å². The number of carbonyl (C=O) groups is 1. The van der Waals surface area contributed by atoms with Gasteiger partial charge in [-0.2, -0.15) is 5.10 Å². The molecule has 8 heteroatoms. The molecular formula is C9H9N3O4S. The number of hydrogen-bond donors (Lipinski definition) is 3. The summed E-state index contributed by atoms with van der Waals surface area (Å²) >= 11 is 0. The molecule has 0 fully saturated rings. The van der Waals surface area contributed by atoms with Crippen LogP contribution in [-0.4, -0.2) is 35.4 Å². The number of sulfonamides is 1. The number of benzene rings is 1. The Bertz CT molecular complexity index is 662. The monoisotopic (exact) mass is 255 g/mol. The predicted octanol–water partition coefficient (Wildman–Crippen LogP) is 0.389. The van der Waals surface area contributed by atoms with E-state index in [-0.39, 0.29) is 0 Å². The fraction of sp³-hybridized carbons (Fsp3) is 0.111. The maximum absolute atomic E-state index is 11.4. The minimum Gasteiger partial charge on any atom is -0.480 e. The summed E-state index contributed by atoms with van der Waals surface area (Å²) in [5, 5.41) is 15.7. The minimum absolute atomic E-state index is 0.306. The molecule has 3 N–H and O–H groups in total. The minimum atomic E-state index is -3.87. The standard InChI is InChI=1S/C9H9N3O4S/c13-9(14)5-17(15,16)12-7-1-2-8-6(3-7)4-10-11-8/h1-4,12H,5H2,(H,10,11)(H,13,14). The maximum Gasteiger partial charge on any atom is 0.320 e. The summed E-state index contributed by atoms with van der Waals surface area (Å²) in [5.74, 6) is -2.36. The van der Waals surface area contributed by atoms with Crippen molar-refractivity contribution in [2.24, 2.45) is 0 Å². The van der Waals surface area contributed by atoms with Gasteiger partial charge in [-0.3, -0.25) is 14.6 Å². The predicted molar refractivity (Wildman–Crippen MR) is 61.1 cm³/mol. The number of nitrogens with one attached hydrogen (secondary N) is 2. The van der Waals surface area contributed by atoms with E-state index < -0.39 is 21.7 Å². The third-order valence-corrected chi connectivity index (χ3v) is 3.20. The lowest BCUT2D eigenvalue weighted by atomic mass is 10.2. The largest absolute Gasteiger partial charge is 0.480 e. The highest BCUT2D eigenvalue weighted by atomic mass is 32.2. The smallest absolute Gasteiger partial charge is 0.320 e. The molecular weight excluding hydrogens is 246 g/mol. The number of carboxylic acids is 1. The number of rotatable bonds is 4. The lowest BCUT2D eigenvalue weighted by Crippen LogP contribution is -2.22. The van der Waals surface area contributed by atoms with Gasteiger partial charge in [0, 0.05) is 11.1 Å². The molecule has 17 heavy (non-hydrogen) atoms. The first-order valence-electron chi connectivity index (χ1n) is 4.62. The molecule has 0 radical (unpaired) electrons. The average molecular weight is 255 g/mol. The highest BCUT2D eigenvalue weighted by Crippen LogP contribution is 2.17. The second kappa shape index (κ2) is 4.06. The van der Waals surface area contributed by atoms with Crippen molar-refractivity contribution < 1.29 is 18.3 Å². The van der Waals surface area contributed by atoms with E-state index in [1.165, 1.54) is 6.07 Å². The van der Waals surface area contributed by atoms with E-state index in [2.05, 4.69) is 14.9 Å². The molecule has 0 spiro atoms. The van der Waals surface area contributed by atoms with Gasteiger partial charge in [-0.15, -0.1) is 0 Å². The van der Waals surface area contributed by atoms with E-state index in [0.717, 1.165) is 10.9 Å². The van der Waals surface area contributed by atoms with Crippen molar-refractivity contribution in [3.8, 4) is 0 Å². The number of aromatic nitrogens is 2. The molecule has 1 heterocycles. The SMILES string of the molecule is O=C(O)CS(=O)(=O)Nc1ccc2[nH]ncc2c1. The van der Waals surface area contributed by atoms with Gasteiger partial charge in [-0.05, 0) is 18.2 Å². The first-order valence-corrected chi connectivity index (χ1v) is 6.27. The molecule has 1 aromatic carbocycles. The van der Waals surface area contributed by atoms with Crippen LogP contribution in [0.1, 0.15) is 0 Å². The number of aliphatic carboxylic acids is 1. The van der Waals surface area contributed by atoms with Crippen LogP contribution < -0.4 is 4.72 Å². The van der Waals surface area contributed by atoms with Crippen molar-refractivity contribution >= 4 is 32.6 Å². The molecule has 0 amide bonds. The summed E-state index contributed by atoms with van der Waals surface area (Å²) in [6.07, 6.45) is 1.55. The van der Waals surface area contributed by atoms with Crippen molar-refractivity contribution in [3.63, 3.8) is 0 Å². The molecule has 0 aliphatic carbocycles. The fourth-order valence-corrected chi connectivity index (χ4v) is 2.27. The van der Waals surface area contributed by atoms with Gasteiger partial charge in [-0.1, -0.05) is 0 Å². The number of anilines is 1. The number of fused-ring (bicyclic) bond motifs is 1. The number of nitrogens with zero attached hydrogens (tertiary/aromatic N) is 1. The van der Waals surface area contributed by atoms with E-state index in [1.54, 1.807) is 18.3 Å². The summed E-state index contributed by atoms with van der Waals surface area (Å²) in [6, 6.07) is 4.75. The second-order valence-electron chi connectivity index (χ2n) is 3.43. The summed E-state index contributed by atoms with van der Waals surface area (Å²) < 4.78 is 24.9. The topological polar surface area (TPSA) is 112 Å². The molecule has 2 rings (SSSR count). The van der Waals surface area contributed by atoms with Gasteiger partial charge < -0.3 is 5.11 Å². The molecule has 0 aliphatic rings. The van der Waals surface area contributed by atoms with Crippen LogP contribution in [0.5, 0.6) is 0 Å². The zero-order valence-corrected chi connectivity index (χ0v) is 9.36. The van der Waals surface area contributed by atoms with Crippen molar-refractivity contribution in [1.82, 2.24) is 10.2 Å². The van der Waals surface area contributed by atoms with Gasteiger partial charge in [0.15, 0.2) is 5.75 Å². The van der Waals surface area contributed by atoms with Gasteiger partial charge in [-0.25, -0.2) is 8.42 Å². The molecule has 0 saturated carbocycles. The molecule has 0 aliphatic heterocycles. The van der Waals surface area contributed by atoms with Crippen LogP contribution in [0, 0.1) is 0 Å². The highest BCUT2D eigenvalue weighted by molar-refractivity contribution is 7.93. The van der Waals surface area contributed by atoms with Crippen molar-refractivity contribution in [2.45, 2.75) is 0 Å². The molecule has 0 unspecified atom stereocenters. The quantitative estimate of drug-likeness (QED) is 0.731. The molecule has 1 aromatic heterocycles. The van der Waals surface area contributed by atoms with Crippen LogP contribution in [-0.2, 0) is 14.8 Å². The van der Waals surface area contributed by atoms with Crippen molar-refractivity contribution in [1.29, 1.82) is 0 Å². The third-order valence-electron chi connectivity index (χ3n) is 2.03. The fourth-order valence-electron chi connectivity index (χ4n) is 1.38. The Labute approximate surface area is 96.5 Å². The van der Waals surface area contributed by atoms with Crippen LogP contribution in [0.15, 0.2) is 24.4 Å². The van der Waals surface area contributed by atoms with Gasteiger partial charge in [0.25, 0.3) is 0 Å². The first-order chi connectivity index (χ1) is 7.96. The van der Waals surface area contributed by atoms with E-state index in [0.29, 0.717) is 5.69 Å². The summed E-state index contributed by atoms with van der Waals surface area (Å²) in [5.41, 5.74) is 1.08. The number of hydrogen-bond acceptors (Lipinski definition) is 4. The Morgan fingerprint density at radius 3 is 2.94 bits per heavy atom. The molecule has 90 valence electrons.